The standard InChI is InChI=1S/C43H83NO5/c1-3-5-7-9-11-13-15-16-21-25-29-33-37-43(48)49-38-34-30-26-22-18-17-20-24-28-32-36-42(47)44-40(39-45)41(46)35-31-27-23-19-14-12-10-8-6-4-2/h31,35,40-41,45-46H,3-30,32-34,36-39H2,1-2H3,(H,44,47)/b35-31+. The van der Waals surface area contributed by atoms with Crippen molar-refractivity contribution in [3.05, 3.63) is 12.2 Å². The van der Waals surface area contributed by atoms with E-state index in [0.29, 0.717) is 19.4 Å². The molecule has 0 aliphatic heterocycles. The van der Waals surface area contributed by atoms with Crippen molar-refractivity contribution in [3.63, 3.8) is 0 Å². The van der Waals surface area contributed by atoms with Gasteiger partial charge in [-0.3, -0.25) is 9.59 Å². The highest BCUT2D eigenvalue weighted by atomic mass is 16.5. The van der Waals surface area contributed by atoms with Gasteiger partial charge < -0.3 is 20.3 Å². The lowest BCUT2D eigenvalue weighted by Crippen LogP contribution is -2.45. The molecule has 2 atom stereocenters. The molecule has 0 aromatic heterocycles. The molecule has 290 valence electrons. The summed E-state index contributed by atoms with van der Waals surface area (Å²) in [6.45, 7) is 4.81. The molecule has 0 fully saturated rings. The highest BCUT2D eigenvalue weighted by molar-refractivity contribution is 5.76. The zero-order valence-electron chi connectivity index (χ0n) is 32.7. The minimum Gasteiger partial charge on any atom is -0.466 e. The van der Waals surface area contributed by atoms with Gasteiger partial charge >= 0.3 is 5.97 Å². The van der Waals surface area contributed by atoms with Crippen LogP contribution in [0.2, 0.25) is 0 Å². The number of ether oxygens (including phenoxy) is 1. The Kier molecular flexibility index (Phi) is 38.3. The summed E-state index contributed by atoms with van der Waals surface area (Å²) in [4.78, 5) is 24.3. The van der Waals surface area contributed by atoms with Crippen molar-refractivity contribution in [2.45, 2.75) is 238 Å². The molecule has 0 heterocycles. The van der Waals surface area contributed by atoms with Crippen LogP contribution in [-0.2, 0) is 14.3 Å². The second kappa shape index (κ2) is 39.4. The maximum Gasteiger partial charge on any atom is 0.305 e. The van der Waals surface area contributed by atoms with E-state index in [-0.39, 0.29) is 18.5 Å². The Hall–Kier alpha value is -1.40. The fourth-order valence-corrected chi connectivity index (χ4v) is 6.45. The second-order valence-electron chi connectivity index (χ2n) is 14.7. The van der Waals surface area contributed by atoms with E-state index < -0.39 is 12.1 Å². The highest BCUT2D eigenvalue weighted by Crippen LogP contribution is 2.14. The third-order valence-electron chi connectivity index (χ3n) is 9.81. The van der Waals surface area contributed by atoms with Crippen molar-refractivity contribution in [2.75, 3.05) is 13.2 Å². The van der Waals surface area contributed by atoms with Crippen molar-refractivity contribution >= 4 is 11.9 Å². The number of aliphatic hydroxyl groups is 2. The maximum atomic E-state index is 12.3. The van der Waals surface area contributed by atoms with Crippen LogP contribution in [0.1, 0.15) is 226 Å². The number of carbonyl (C=O) groups is 2. The van der Waals surface area contributed by atoms with Crippen molar-refractivity contribution in [1.29, 1.82) is 0 Å². The molecule has 1 amide bonds. The number of allylic oxidation sites excluding steroid dienone is 1. The molecule has 3 N–H and O–H groups in total. The molecule has 0 rings (SSSR count). The van der Waals surface area contributed by atoms with Crippen LogP contribution in [-0.4, -0.2) is 47.4 Å². The van der Waals surface area contributed by atoms with Gasteiger partial charge in [-0.1, -0.05) is 193 Å². The van der Waals surface area contributed by atoms with E-state index in [1.54, 1.807) is 6.08 Å². The van der Waals surface area contributed by atoms with Crippen LogP contribution >= 0.6 is 0 Å². The van der Waals surface area contributed by atoms with E-state index in [0.717, 1.165) is 57.8 Å². The van der Waals surface area contributed by atoms with Crippen LogP contribution in [0.4, 0.5) is 0 Å². The monoisotopic (exact) mass is 694 g/mol. The third-order valence-corrected chi connectivity index (χ3v) is 9.81. The number of carbonyl (C=O) groups excluding carboxylic acids is 2. The summed E-state index contributed by atoms with van der Waals surface area (Å²) in [5.41, 5.74) is 0. The first-order valence-corrected chi connectivity index (χ1v) is 21.5. The summed E-state index contributed by atoms with van der Waals surface area (Å²) >= 11 is 0. The lowest BCUT2D eigenvalue weighted by molar-refractivity contribution is -0.143. The molecule has 0 aromatic carbocycles. The average molecular weight is 694 g/mol. The smallest absolute Gasteiger partial charge is 0.305 e. The predicted octanol–water partition coefficient (Wildman–Crippen LogP) is 11.8. The van der Waals surface area contributed by atoms with E-state index in [4.69, 9.17) is 4.74 Å². The molecule has 6 nitrogen and oxygen atoms in total. The van der Waals surface area contributed by atoms with E-state index in [1.807, 2.05) is 6.08 Å². The maximum absolute atomic E-state index is 12.3. The van der Waals surface area contributed by atoms with Gasteiger partial charge in [0.05, 0.1) is 25.4 Å². The van der Waals surface area contributed by atoms with Crippen LogP contribution in [0, 0.1) is 0 Å². The highest BCUT2D eigenvalue weighted by Gasteiger charge is 2.18. The lowest BCUT2D eigenvalue weighted by Gasteiger charge is -2.20. The first-order chi connectivity index (χ1) is 24.0. The molecule has 0 aliphatic rings. The number of rotatable bonds is 39. The quantitative estimate of drug-likeness (QED) is 0.0338. The summed E-state index contributed by atoms with van der Waals surface area (Å²) in [7, 11) is 0. The number of nitrogens with one attached hydrogen (secondary N) is 1. The van der Waals surface area contributed by atoms with Gasteiger partial charge in [0.15, 0.2) is 0 Å². The summed E-state index contributed by atoms with van der Waals surface area (Å²) in [5.74, 6) is -0.114. The van der Waals surface area contributed by atoms with Crippen LogP contribution < -0.4 is 5.32 Å². The Morgan fingerprint density at radius 3 is 1.39 bits per heavy atom. The predicted molar refractivity (Wildman–Crippen MR) is 209 cm³/mol. The fraction of sp³-hybridized carbons (Fsp3) is 0.907. The Balaban J connectivity index is 3.51. The zero-order chi connectivity index (χ0) is 35.9. The zero-order valence-corrected chi connectivity index (χ0v) is 32.7. The summed E-state index contributed by atoms with van der Waals surface area (Å²) in [6.07, 6.45) is 41.9. The van der Waals surface area contributed by atoms with Crippen LogP contribution in [0.5, 0.6) is 0 Å². The van der Waals surface area contributed by atoms with Gasteiger partial charge in [-0.05, 0) is 32.1 Å². The topological polar surface area (TPSA) is 95.9 Å². The number of hydrogen-bond donors (Lipinski definition) is 3. The number of unbranched alkanes of at least 4 members (excludes halogenated alkanes) is 28. The van der Waals surface area contributed by atoms with Crippen molar-refractivity contribution in [3.8, 4) is 0 Å². The summed E-state index contributed by atoms with van der Waals surface area (Å²) < 4.78 is 5.43. The molecule has 49 heavy (non-hydrogen) atoms. The fourth-order valence-electron chi connectivity index (χ4n) is 6.45. The average Bonchev–Trinajstić information content (AvgIpc) is 3.10. The number of esters is 1. The summed E-state index contributed by atoms with van der Waals surface area (Å²) in [5, 5.41) is 22.8. The molecule has 0 radical (unpaired) electrons. The van der Waals surface area contributed by atoms with Gasteiger partial charge in [-0.2, -0.15) is 0 Å². The van der Waals surface area contributed by atoms with Crippen molar-refractivity contribution in [2.24, 2.45) is 0 Å². The van der Waals surface area contributed by atoms with Crippen molar-refractivity contribution in [1.82, 2.24) is 5.32 Å². The minimum absolute atomic E-state index is 0.0212. The van der Waals surface area contributed by atoms with E-state index in [2.05, 4.69) is 19.2 Å². The molecule has 0 aliphatic carbocycles. The molecule has 0 spiro atoms. The molecule has 0 saturated heterocycles. The molecule has 6 heteroatoms. The van der Waals surface area contributed by atoms with Gasteiger partial charge in [0.2, 0.25) is 5.91 Å². The molecule has 0 saturated carbocycles. The Morgan fingerprint density at radius 1 is 0.551 bits per heavy atom. The van der Waals surface area contributed by atoms with Gasteiger partial charge in [0, 0.05) is 12.8 Å². The van der Waals surface area contributed by atoms with E-state index in [1.165, 1.54) is 141 Å². The van der Waals surface area contributed by atoms with Crippen LogP contribution in [0.3, 0.4) is 0 Å². The molecular formula is C43H83NO5. The Labute approximate surface area is 304 Å². The van der Waals surface area contributed by atoms with Crippen LogP contribution in [0.15, 0.2) is 12.2 Å². The van der Waals surface area contributed by atoms with Gasteiger partial charge in [-0.15, -0.1) is 0 Å². The number of amides is 1. The molecule has 0 bridgehead atoms. The van der Waals surface area contributed by atoms with E-state index >= 15 is 0 Å². The molecule has 0 aromatic rings. The van der Waals surface area contributed by atoms with Crippen molar-refractivity contribution < 1.29 is 24.5 Å². The van der Waals surface area contributed by atoms with Crippen LogP contribution in [0.25, 0.3) is 0 Å². The Bertz CT molecular complexity index is 727. The SMILES string of the molecule is CCCCCCCCCC/C=C/C(O)C(CO)NC(=O)CCCCCCCCCCCCOC(=O)CCCCCCCCCCCCCC. The lowest BCUT2D eigenvalue weighted by atomic mass is 10.0. The third kappa shape index (κ3) is 36.2. The molecular weight excluding hydrogens is 610 g/mol. The van der Waals surface area contributed by atoms with Gasteiger partial charge in [0.25, 0.3) is 0 Å². The van der Waals surface area contributed by atoms with Gasteiger partial charge in [-0.25, -0.2) is 0 Å². The second-order valence-corrected chi connectivity index (χ2v) is 14.7. The normalized spacial score (nSPS) is 12.8. The number of aliphatic hydroxyl groups excluding tert-OH is 2. The van der Waals surface area contributed by atoms with E-state index in [9.17, 15) is 19.8 Å². The van der Waals surface area contributed by atoms with Gasteiger partial charge in [0.1, 0.15) is 0 Å². The first-order valence-electron chi connectivity index (χ1n) is 21.5. The first kappa shape index (κ1) is 47.6. The summed E-state index contributed by atoms with van der Waals surface area (Å²) in [6, 6.07) is -0.640. The number of hydrogen-bond acceptors (Lipinski definition) is 5. The largest absolute Gasteiger partial charge is 0.466 e. The Morgan fingerprint density at radius 2 is 0.939 bits per heavy atom. The molecule has 2 unspecified atom stereocenters. The minimum atomic E-state index is -0.855.